The van der Waals surface area contributed by atoms with Crippen LogP contribution in [0.25, 0.3) is 0 Å². The van der Waals surface area contributed by atoms with Gasteiger partial charge < -0.3 is 5.32 Å². The van der Waals surface area contributed by atoms with E-state index in [1.165, 1.54) is 44.9 Å². The molecular weight excluding hydrogens is 218 g/mol. The Hall–Kier alpha value is -0.820. The maximum absolute atomic E-state index is 3.48. The first-order chi connectivity index (χ1) is 8.88. The number of nitrogens with one attached hydrogen (secondary N) is 1. The molecule has 0 bridgehead atoms. The highest BCUT2D eigenvalue weighted by molar-refractivity contribution is 5.35. The zero-order valence-corrected chi connectivity index (χ0v) is 11.5. The van der Waals surface area contributed by atoms with Gasteiger partial charge in [0.05, 0.1) is 0 Å². The zero-order valence-electron chi connectivity index (χ0n) is 11.5. The van der Waals surface area contributed by atoms with E-state index in [-0.39, 0.29) is 0 Å². The molecule has 2 atom stereocenters. The van der Waals surface area contributed by atoms with Crippen molar-refractivity contribution in [2.45, 2.75) is 62.8 Å². The normalized spacial score (nSPS) is 28.9. The second-order valence-electron chi connectivity index (χ2n) is 6.11. The number of hydrogen-bond acceptors (Lipinski definition) is 1. The predicted octanol–water partition coefficient (Wildman–Crippen LogP) is 4.20. The Labute approximate surface area is 111 Å². The van der Waals surface area contributed by atoms with Gasteiger partial charge in [-0.15, -0.1) is 0 Å². The van der Waals surface area contributed by atoms with Crippen molar-refractivity contribution in [1.82, 2.24) is 5.32 Å². The molecule has 2 unspecified atom stereocenters. The second-order valence-corrected chi connectivity index (χ2v) is 6.11. The summed E-state index contributed by atoms with van der Waals surface area (Å²) in [5.74, 6) is 1.67. The van der Waals surface area contributed by atoms with Crippen LogP contribution in [0.4, 0.5) is 0 Å². The fourth-order valence-corrected chi connectivity index (χ4v) is 3.71. The maximum atomic E-state index is 3.48. The topological polar surface area (TPSA) is 12.0 Å². The van der Waals surface area contributed by atoms with Crippen molar-refractivity contribution in [3.8, 4) is 0 Å². The lowest BCUT2D eigenvalue weighted by Gasteiger charge is -2.34. The number of benzene rings is 1. The van der Waals surface area contributed by atoms with Crippen molar-refractivity contribution in [3.63, 3.8) is 0 Å². The molecule has 2 aliphatic rings. The summed E-state index contributed by atoms with van der Waals surface area (Å²) < 4.78 is 0. The molecule has 3 rings (SSSR count). The SMILES string of the molecule is CNC1CCCC(c2ccccc2C2CCC2)C1. The van der Waals surface area contributed by atoms with Gasteiger partial charge in [-0.25, -0.2) is 0 Å². The average molecular weight is 243 g/mol. The van der Waals surface area contributed by atoms with E-state index < -0.39 is 0 Å². The fourth-order valence-electron chi connectivity index (χ4n) is 3.71. The highest BCUT2D eigenvalue weighted by atomic mass is 14.9. The third-order valence-electron chi connectivity index (χ3n) is 5.06. The molecule has 18 heavy (non-hydrogen) atoms. The van der Waals surface area contributed by atoms with Gasteiger partial charge in [0.25, 0.3) is 0 Å². The first-order valence-corrected chi connectivity index (χ1v) is 7.64. The quantitative estimate of drug-likeness (QED) is 0.839. The standard InChI is InChI=1S/C17H25N/c1-18-15-9-5-8-14(12-15)17-11-3-2-10-16(17)13-6-4-7-13/h2-3,10-11,13-15,18H,4-9,12H2,1H3. The van der Waals surface area contributed by atoms with E-state index in [1.807, 2.05) is 0 Å². The van der Waals surface area contributed by atoms with Crippen LogP contribution in [-0.2, 0) is 0 Å². The minimum atomic E-state index is 0.734. The second kappa shape index (κ2) is 5.44. The van der Waals surface area contributed by atoms with Crippen molar-refractivity contribution < 1.29 is 0 Å². The molecule has 0 aliphatic heterocycles. The molecule has 2 fully saturated rings. The Morgan fingerprint density at radius 3 is 2.11 bits per heavy atom. The van der Waals surface area contributed by atoms with Gasteiger partial charge in [-0.2, -0.15) is 0 Å². The molecule has 98 valence electrons. The van der Waals surface area contributed by atoms with Crippen molar-refractivity contribution >= 4 is 0 Å². The summed E-state index contributed by atoms with van der Waals surface area (Å²) in [5.41, 5.74) is 3.34. The smallest absolute Gasteiger partial charge is 0.00698 e. The van der Waals surface area contributed by atoms with E-state index in [0.29, 0.717) is 0 Å². The lowest BCUT2D eigenvalue weighted by Crippen LogP contribution is -2.31. The van der Waals surface area contributed by atoms with E-state index in [0.717, 1.165) is 17.9 Å². The molecule has 0 radical (unpaired) electrons. The summed E-state index contributed by atoms with van der Waals surface area (Å²) in [6, 6.07) is 9.99. The summed E-state index contributed by atoms with van der Waals surface area (Å²) >= 11 is 0. The summed E-state index contributed by atoms with van der Waals surface area (Å²) in [6.07, 6.45) is 9.73. The average Bonchev–Trinajstić information content (AvgIpc) is 2.37. The molecule has 1 nitrogen and oxygen atoms in total. The Kier molecular flexibility index (Phi) is 3.69. The zero-order chi connectivity index (χ0) is 12.4. The Morgan fingerprint density at radius 2 is 1.50 bits per heavy atom. The molecule has 1 heteroatoms. The summed E-state index contributed by atoms with van der Waals surface area (Å²) in [6.45, 7) is 0. The minimum Gasteiger partial charge on any atom is -0.317 e. The lowest BCUT2D eigenvalue weighted by atomic mass is 9.73. The number of rotatable bonds is 3. The van der Waals surface area contributed by atoms with Crippen LogP contribution < -0.4 is 5.32 Å². The van der Waals surface area contributed by atoms with Crippen LogP contribution in [-0.4, -0.2) is 13.1 Å². The highest BCUT2D eigenvalue weighted by Crippen LogP contribution is 2.42. The third-order valence-corrected chi connectivity index (χ3v) is 5.06. The molecule has 1 aromatic rings. The van der Waals surface area contributed by atoms with E-state index in [9.17, 15) is 0 Å². The van der Waals surface area contributed by atoms with Crippen LogP contribution in [0.3, 0.4) is 0 Å². The van der Waals surface area contributed by atoms with Gasteiger partial charge in [-0.1, -0.05) is 37.1 Å². The molecule has 0 spiro atoms. The Morgan fingerprint density at radius 1 is 0.889 bits per heavy atom. The molecular formula is C17H25N. The number of hydrogen-bond donors (Lipinski definition) is 1. The first-order valence-electron chi connectivity index (χ1n) is 7.64. The van der Waals surface area contributed by atoms with Gasteiger partial charge in [0.15, 0.2) is 0 Å². The molecule has 0 amide bonds. The van der Waals surface area contributed by atoms with Gasteiger partial charge in [-0.3, -0.25) is 0 Å². The van der Waals surface area contributed by atoms with Gasteiger partial charge >= 0.3 is 0 Å². The van der Waals surface area contributed by atoms with Crippen molar-refractivity contribution in [2.75, 3.05) is 7.05 Å². The molecule has 0 aromatic heterocycles. The van der Waals surface area contributed by atoms with Gasteiger partial charge in [0, 0.05) is 6.04 Å². The third kappa shape index (κ3) is 2.33. The molecule has 1 aromatic carbocycles. The van der Waals surface area contributed by atoms with E-state index in [2.05, 4.69) is 36.6 Å². The summed E-state index contributed by atoms with van der Waals surface area (Å²) in [5, 5.41) is 3.48. The Balaban J connectivity index is 1.82. The van der Waals surface area contributed by atoms with Crippen LogP contribution in [0.15, 0.2) is 24.3 Å². The van der Waals surface area contributed by atoms with Gasteiger partial charge in [-0.05, 0) is 62.1 Å². The minimum absolute atomic E-state index is 0.734. The van der Waals surface area contributed by atoms with Crippen LogP contribution >= 0.6 is 0 Å². The van der Waals surface area contributed by atoms with Crippen molar-refractivity contribution in [1.29, 1.82) is 0 Å². The van der Waals surface area contributed by atoms with Crippen LogP contribution in [0.2, 0.25) is 0 Å². The fraction of sp³-hybridized carbons (Fsp3) is 0.647. The molecule has 2 saturated carbocycles. The van der Waals surface area contributed by atoms with Gasteiger partial charge in [0.1, 0.15) is 0 Å². The van der Waals surface area contributed by atoms with Crippen LogP contribution in [0.1, 0.15) is 67.9 Å². The van der Waals surface area contributed by atoms with Crippen LogP contribution in [0, 0.1) is 0 Å². The van der Waals surface area contributed by atoms with Crippen LogP contribution in [0.5, 0.6) is 0 Å². The van der Waals surface area contributed by atoms with E-state index in [1.54, 1.807) is 11.1 Å². The van der Waals surface area contributed by atoms with Crippen molar-refractivity contribution in [2.24, 2.45) is 0 Å². The molecule has 0 saturated heterocycles. The molecule has 2 aliphatic carbocycles. The largest absolute Gasteiger partial charge is 0.317 e. The first kappa shape index (κ1) is 12.2. The highest BCUT2D eigenvalue weighted by Gasteiger charge is 2.27. The monoisotopic (exact) mass is 243 g/mol. The predicted molar refractivity (Wildman–Crippen MR) is 77.1 cm³/mol. The summed E-state index contributed by atoms with van der Waals surface area (Å²) in [4.78, 5) is 0. The van der Waals surface area contributed by atoms with E-state index in [4.69, 9.17) is 0 Å². The molecule has 0 heterocycles. The maximum Gasteiger partial charge on any atom is 0.00698 e. The lowest BCUT2D eigenvalue weighted by molar-refractivity contribution is 0.348. The van der Waals surface area contributed by atoms with Crippen molar-refractivity contribution in [3.05, 3.63) is 35.4 Å². The summed E-state index contributed by atoms with van der Waals surface area (Å²) in [7, 11) is 2.12. The Bertz CT molecular complexity index is 394. The van der Waals surface area contributed by atoms with Gasteiger partial charge in [0.2, 0.25) is 0 Å². The van der Waals surface area contributed by atoms with E-state index >= 15 is 0 Å². The molecule has 1 N–H and O–H groups in total.